The average Bonchev–Trinajstić information content (AvgIpc) is 2.77. The lowest BCUT2D eigenvalue weighted by Crippen LogP contribution is -2.20. The fourth-order valence-corrected chi connectivity index (χ4v) is 3.51. The molecule has 2 saturated carbocycles. The highest BCUT2D eigenvalue weighted by molar-refractivity contribution is 5.81. The molecule has 0 amide bonds. The molecule has 0 aliphatic heterocycles. The van der Waals surface area contributed by atoms with E-state index in [9.17, 15) is 4.79 Å². The highest BCUT2D eigenvalue weighted by Crippen LogP contribution is 2.48. The SMILES string of the molecule is CC(C)CCCC(=O)C1CC2CCC1C2. The third-order valence-corrected chi connectivity index (χ3v) is 4.36. The summed E-state index contributed by atoms with van der Waals surface area (Å²) in [6.07, 6.45) is 8.51. The Morgan fingerprint density at radius 2 is 2.07 bits per heavy atom. The molecular formula is C14H24O. The Balaban J connectivity index is 1.72. The van der Waals surface area contributed by atoms with Crippen LogP contribution in [-0.2, 0) is 4.79 Å². The Hall–Kier alpha value is -0.330. The molecule has 0 aromatic heterocycles. The number of Topliss-reactive ketones (excluding diaryl/α,β-unsaturated/α-hetero) is 1. The second-order valence-electron chi connectivity index (χ2n) is 6.03. The number of carbonyl (C=O) groups is 1. The number of rotatable bonds is 5. The third kappa shape index (κ3) is 2.62. The standard InChI is InChI=1S/C14H24O/c1-10(2)4-3-5-14(15)13-9-11-6-7-12(13)8-11/h10-13H,3-9H2,1-2H3. The minimum absolute atomic E-state index is 0.468. The Kier molecular flexibility index (Phi) is 3.48. The van der Waals surface area contributed by atoms with Crippen LogP contribution >= 0.6 is 0 Å². The van der Waals surface area contributed by atoms with Crippen LogP contribution in [0.1, 0.15) is 58.8 Å². The molecule has 0 radical (unpaired) electrons. The van der Waals surface area contributed by atoms with E-state index in [1.807, 2.05) is 0 Å². The minimum Gasteiger partial charge on any atom is -0.299 e. The van der Waals surface area contributed by atoms with E-state index in [1.54, 1.807) is 0 Å². The lowest BCUT2D eigenvalue weighted by atomic mass is 9.84. The summed E-state index contributed by atoms with van der Waals surface area (Å²) in [5.74, 6) is 3.49. The number of carbonyl (C=O) groups excluding carboxylic acids is 1. The molecule has 2 fully saturated rings. The van der Waals surface area contributed by atoms with Gasteiger partial charge in [-0.05, 0) is 43.4 Å². The van der Waals surface area contributed by atoms with Crippen molar-refractivity contribution in [1.82, 2.24) is 0 Å². The van der Waals surface area contributed by atoms with E-state index in [2.05, 4.69) is 13.8 Å². The van der Waals surface area contributed by atoms with Crippen LogP contribution in [0.5, 0.6) is 0 Å². The molecule has 15 heavy (non-hydrogen) atoms. The van der Waals surface area contributed by atoms with Crippen LogP contribution in [0, 0.1) is 23.7 Å². The second-order valence-corrected chi connectivity index (χ2v) is 6.03. The number of ketones is 1. The topological polar surface area (TPSA) is 17.1 Å². The van der Waals surface area contributed by atoms with Gasteiger partial charge in [-0.2, -0.15) is 0 Å². The quantitative estimate of drug-likeness (QED) is 0.671. The predicted octanol–water partition coefficient (Wildman–Crippen LogP) is 3.82. The van der Waals surface area contributed by atoms with E-state index < -0.39 is 0 Å². The number of hydrogen-bond acceptors (Lipinski definition) is 1. The van der Waals surface area contributed by atoms with E-state index in [1.165, 1.54) is 32.1 Å². The van der Waals surface area contributed by atoms with Crippen molar-refractivity contribution >= 4 is 5.78 Å². The highest BCUT2D eigenvalue weighted by atomic mass is 16.1. The molecule has 2 bridgehead atoms. The van der Waals surface area contributed by atoms with Gasteiger partial charge in [0.25, 0.3) is 0 Å². The molecule has 0 heterocycles. The highest BCUT2D eigenvalue weighted by Gasteiger charge is 2.42. The molecule has 0 aromatic carbocycles. The van der Waals surface area contributed by atoms with Crippen LogP contribution < -0.4 is 0 Å². The third-order valence-electron chi connectivity index (χ3n) is 4.36. The van der Waals surface area contributed by atoms with Crippen LogP contribution in [0.2, 0.25) is 0 Å². The van der Waals surface area contributed by atoms with Crippen molar-refractivity contribution in [2.45, 2.75) is 58.8 Å². The van der Waals surface area contributed by atoms with Crippen LogP contribution in [-0.4, -0.2) is 5.78 Å². The van der Waals surface area contributed by atoms with Gasteiger partial charge in [-0.3, -0.25) is 4.79 Å². The second kappa shape index (κ2) is 4.67. The van der Waals surface area contributed by atoms with Crippen molar-refractivity contribution in [3.63, 3.8) is 0 Å². The molecule has 0 aromatic rings. The van der Waals surface area contributed by atoms with Crippen molar-refractivity contribution in [2.24, 2.45) is 23.7 Å². The van der Waals surface area contributed by atoms with Gasteiger partial charge in [-0.25, -0.2) is 0 Å². The molecule has 0 N–H and O–H groups in total. The molecule has 2 aliphatic rings. The van der Waals surface area contributed by atoms with Gasteiger partial charge in [0, 0.05) is 12.3 Å². The summed E-state index contributed by atoms with van der Waals surface area (Å²) >= 11 is 0. The van der Waals surface area contributed by atoms with Crippen molar-refractivity contribution in [1.29, 1.82) is 0 Å². The van der Waals surface area contributed by atoms with Gasteiger partial charge in [-0.1, -0.05) is 26.7 Å². The predicted molar refractivity (Wildman–Crippen MR) is 62.6 cm³/mol. The van der Waals surface area contributed by atoms with Gasteiger partial charge in [0.2, 0.25) is 0 Å². The summed E-state index contributed by atoms with van der Waals surface area (Å²) in [6, 6.07) is 0. The molecule has 3 atom stereocenters. The largest absolute Gasteiger partial charge is 0.299 e. The van der Waals surface area contributed by atoms with Gasteiger partial charge in [-0.15, -0.1) is 0 Å². The molecule has 2 aliphatic carbocycles. The fraction of sp³-hybridized carbons (Fsp3) is 0.929. The summed E-state index contributed by atoms with van der Waals surface area (Å²) < 4.78 is 0. The van der Waals surface area contributed by atoms with Gasteiger partial charge in [0.1, 0.15) is 5.78 Å². The maximum Gasteiger partial charge on any atom is 0.136 e. The zero-order chi connectivity index (χ0) is 10.8. The Morgan fingerprint density at radius 1 is 1.27 bits per heavy atom. The van der Waals surface area contributed by atoms with Crippen molar-refractivity contribution < 1.29 is 4.79 Å². The van der Waals surface area contributed by atoms with Crippen LogP contribution in [0.4, 0.5) is 0 Å². The van der Waals surface area contributed by atoms with Gasteiger partial charge < -0.3 is 0 Å². The lowest BCUT2D eigenvalue weighted by Gasteiger charge is -2.20. The molecule has 2 rings (SSSR count). The normalized spacial score (nSPS) is 33.9. The molecule has 0 spiro atoms. The Labute approximate surface area is 93.6 Å². The lowest BCUT2D eigenvalue weighted by molar-refractivity contribution is -0.124. The number of hydrogen-bond donors (Lipinski definition) is 0. The van der Waals surface area contributed by atoms with Gasteiger partial charge in [0.05, 0.1) is 0 Å². The maximum absolute atomic E-state index is 12.0. The van der Waals surface area contributed by atoms with Crippen molar-refractivity contribution in [3.05, 3.63) is 0 Å². The van der Waals surface area contributed by atoms with E-state index in [-0.39, 0.29) is 0 Å². The fourth-order valence-electron chi connectivity index (χ4n) is 3.51. The first-order valence-corrected chi connectivity index (χ1v) is 6.69. The van der Waals surface area contributed by atoms with Gasteiger partial charge in [0.15, 0.2) is 0 Å². The first-order chi connectivity index (χ1) is 7.16. The monoisotopic (exact) mass is 208 g/mol. The summed E-state index contributed by atoms with van der Waals surface area (Å²) in [4.78, 5) is 12.0. The summed E-state index contributed by atoms with van der Waals surface area (Å²) in [6.45, 7) is 4.48. The van der Waals surface area contributed by atoms with Crippen LogP contribution in [0.3, 0.4) is 0 Å². The van der Waals surface area contributed by atoms with Crippen molar-refractivity contribution in [3.8, 4) is 0 Å². The van der Waals surface area contributed by atoms with Crippen LogP contribution in [0.25, 0.3) is 0 Å². The molecule has 1 heteroatoms. The molecule has 86 valence electrons. The zero-order valence-electron chi connectivity index (χ0n) is 10.2. The summed E-state index contributed by atoms with van der Waals surface area (Å²) in [5, 5.41) is 0. The Morgan fingerprint density at radius 3 is 2.60 bits per heavy atom. The van der Waals surface area contributed by atoms with Crippen LogP contribution in [0.15, 0.2) is 0 Å². The summed E-state index contributed by atoms with van der Waals surface area (Å²) in [7, 11) is 0. The molecular weight excluding hydrogens is 184 g/mol. The molecule has 1 nitrogen and oxygen atoms in total. The van der Waals surface area contributed by atoms with E-state index in [0.29, 0.717) is 11.7 Å². The average molecular weight is 208 g/mol. The first kappa shape index (κ1) is 11.2. The maximum atomic E-state index is 12.0. The molecule has 3 unspecified atom stereocenters. The molecule has 0 saturated heterocycles. The summed E-state index contributed by atoms with van der Waals surface area (Å²) in [5.41, 5.74) is 0. The van der Waals surface area contributed by atoms with Crippen molar-refractivity contribution in [2.75, 3.05) is 0 Å². The van der Waals surface area contributed by atoms with E-state index >= 15 is 0 Å². The van der Waals surface area contributed by atoms with Gasteiger partial charge >= 0.3 is 0 Å². The van der Waals surface area contributed by atoms with E-state index in [0.717, 1.165) is 30.6 Å². The Bertz CT molecular complexity index is 231. The first-order valence-electron chi connectivity index (χ1n) is 6.69. The number of fused-ring (bicyclic) bond motifs is 2. The minimum atomic E-state index is 0.468. The zero-order valence-corrected chi connectivity index (χ0v) is 10.2. The van der Waals surface area contributed by atoms with E-state index in [4.69, 9.17) is 0 Å². The smallest absolute Gasteiger partial charge is 0.136 e.